The van der Waals surface area contributed by atoms with Gasteiger partial charge in [-0.1, -0.05) is 0 Å². The first-order chi connectivity index (χ1) is 12.4. The monoisotopic (exact) mass is 356 g/mol. The van der Waals surface area contributed by atoms with E-state index in [9.17, 15) is 14.4 Å². The molecule has 8 nitrogen and oxygen atoms in total. The normalized spacial score (nSPS) is 16.0. The average Bonchev–Trinajstić information content (AvgIpc) is 3.03. The van der Waals surface area contributed by atoms with Gasteiger partial charge in [0.2, 0.25) is 0 Å². The molecule has 0 aliphatic carbocycles. The van der Waals surface area contributed by atoms with Crippen LogP contribution in [0.4, 0.5) is 10.5 Å². The van der Waals surface area contributed by atoms with Crippen molar-refractivity contribution in [1.29, 1.82) is 0 Å². The Kier molecular flexibility index (Phi) is 4.49. The van der Waals surface area contributed by atoms with Crippen LogP contribution in [-0.2, 0) is 9.59 Å². The van der Waals surface area contributed by atoms with Crippen LogP contribution < -0.4 is 19.7 Å². The van der Waals surface area contributed by atoms with Gasteiger partial charge in [-0.15, -0.1) is 0 Å². The summed E-state index contributed by atoms with van der Waals surface area (Å²) in [6.45, 7) is 1.74. The third kappa shape index (κ3) is 3.04. The molecule has 1 saturated heterocycles. The SMILES string of the molecule is COc1ccc(OC)c(N2C(=O)NC(=O)/C(=C/c3ccc(C)o3)C2=O)c1. The molecule has 0 saturated carbocycles. The first kappa shape index (κ1) is 17.3. The summed E-state index contributed by atoms with van der Waals surface area (Å²) in [6, 6.07) is 7.11. The smallest absolute Gasteiger partial charge is 0.336 e. The van der Waals surface area contributed by atoms with Crippen molar-refractivity contribution in [3.63, 3.8) is 0 Å². The van der Waals surface area contributed by atoms with E-state index in [-0.39, 0.29) is 17.0 Å². The first-order valence-electron chi connectivity index (χ1n) is 7.64. The summed E-state index contributed by atoms with van der Waals surface area (Å²) in [7, 11) is 2.86. The first-order valence-corrected chi connectivity index (χ1v) is 7.64. The zero-order valence-electron chi connectivity index (χ0n) is 14.4. The lowest BCUT2D eigenvalue weighted by atomic mass is 10.1. The average molecular weight is 356 g/mol. The molecule has 1 aromatic carbocycles. The Labute approximate surface area is 149 Å². The molecule has 1 aromatic heterocycles. The van der Waals surface area contributed by atoms with Gasteiger partial charge in [0.15, 0.2) is 0 Å². The number of carbonyl (C=O) groups excluding carboxylic acids is 3. The molecule has 1 fully saturated rings. The summed E-state index contributed by atoms with van der Waals surface area (Å²) >= 11 is 0. The van der Waals surface area contributed by atoms with Crippen molar-refractivity contribution in [1.82, 2.24) is 5.32 Å². The van der Waals surface area contributed by atoms with Gasteiger partial charge in [0.05, 0.1) is 19.9 Å². The molecule has 0 spiro atoms. The van der Waals surface area contributed by atoms with Crippen molar-refractivity contribution in [3.05, 3.63) is 47.4 Å². The number of nitrogens with zero attached hydrogens (tertiary/aromatic N) is 1. The molecule has 2 aromatic rings. The Balaban J connectivity index is 2.07. The number of rotatable bonds is 4. The van der Waals surface area contributed by atoms with Crippen molar-refractivity contribution in [2.75, 3.05) is 19.1 Å². The lowest BCUT2D eigenvalue weighted by molar-refractivity contribution is -0.122. The lowest BCUT2D eigenvalue weighted by Gasteiger charge is -2.27. The highest BCUT2D eigenvalue weighted by atomic mass is 16.5. The standard InChI is InChI=1S/C18H16N2O6/c1-10-4-5-12(26-10)8-13-16(21)19-18(23)20(17(13)22)14-9-11(24-2)6-7-15(14)25-3/h4-9H,1-3H3,(H,19,21,23)/b13-8-. The van der Waals surface area contributed by atoms with Crippen molar-refractivity contribution >= 4 is 29.6 Å². The Morgan fingerprint density at radius 1 is 1.08 bits per heavy atom. The van der Waals surface area contributed by atoms with Gasteiger partial charge < -0.3 is 13.9 Å². The number of aryl methyl sites for hydroxylation is 1. The fourth-order valence-corrected chi connectivity index (χ4v) is 2.52. The number of barbiturate groups is 1. The van der Waals surface area contributed by atoms with Crippen molar-refractivity contribution in [3.8, 4) is 11.5 Å². The number of urea groups is 1. The van der Waals surface area contributed by atoms with Gasteiger partial charge in [0.1, 0.15) is 28.6 Å². The van der Waals surface area contributed by atoms with E-state index in [2.05, 4.69) is 5.32 Å². The summed E-state index contributed by atoms with van der Waals surface area (Å²) in [4.78, 5) is 38.1. The molecule has 3 rings (SSSR count). The molecular weight excluding hydrogens is 340 g/mol. The van der Waals surface area contributed by atoms with Crippen LogP contribution in [0, 0.1) is 6.92 Å². The van der Waals surface area contributed by atoms with Gasteiger partial charge in [-0.3, -0.25) is 14.9 Å². The fourth-order valence-electron chi connectivity index (χ4n) is 2.52. The van der Waals surface area contributed by atoms with Crippen LogP contribution in [0.15, 0.2) is 40.3 Å². The van der Waals surface area contributed by atoms with Crippen LogP contribution in [0.5, 0.6) is 11.5 Å². The second kappa shape index (κ2) is 6.75. The third-order valence-electron chi connectivity index (χ3n) is 3.78. The summed E-state index contributed by atoms with van der Waals surface area (Å²) in [6.07, 6.45) is 1.29. The van der Waals surface area contributed by atoms with Crippen LogP contribution in [-0.4, -0.2) is 32.1 Å². The fraction of sp³-hybridized carbons (Fsp3) is 0.167. The van der Waals surface area contributed by atoms with E-state index in [1.807, 2.05) is 0 Å². The minimum absolute atomic E-state index is 0.156. The molecule has 0 unspecified atom stereocenters. The maximum Gasteiger partial charge on any atom is 0.336 e. The number of anilines is 1. The van der Waals surface area contributed by atoms with Crippen LogP contribution in [0.25, 0.3) is 6.08 Å². The van der Waals surface area contributed by atoms with Gasteiger partial charge in [0.25, 0.3) is 11.8 Å². The number of methoxy groups -OCH3 is 2. The number of ether oxygens (including phenoxy) is 2. The predicted octanol–water partition coefficient (Wildman–Crippen LogP) is 2.27. The highest BCUT2D eigenvalue weighted by Gasteiger charge is 2.38. The summed E-state index contributed by atoms with van der Waals surface area (Å²) < 4.78 is 15.7. The Hall–Kier alpha value is -3.55. The summed E-state index contributed by atoms with van der Waals surface area (Å²) in [5, 5.41) is 2.15. The molecule has 26 heavy (non-hydrogen) atoms. The van der Waals surface area contributed by atoms with Crippen LogP contribution >= 0.6 is 0 Å². The lowest BCUT2D eigenvalue weighted by Crippen LogP contribution is -2.54. The van der Waals surface area contributed by atoms with E-state index in [4.69, 9.17) is 13.9 Å². The van der Waals surface area contributed by atoms with Crippen molar-refractivity contribution < 1.29 is 28.3 Å². The second-order valence-electron chi connectivity index (χ2n) is 5.44. The Morgan fingerprint density at radius 3 is 2.46 bits per heavy atom. The molecule has 1 aliphatic heterocycles. The van der Waals surface area contributed by atoms with Crippen LogP contribution in [0.3, 0.4) is 0 Å². The third-order valence-corrected chi connectivity index (χ3v) is 3.78. The number of hydrogen-bond donors (Lipinski definition) is 1. The highest BCUT2D eigenvalue weighted by Crippen LogP contribution is 2.34. The number of imide groups is 2. The molecule has 2 heterocycles. The molecule has 8 heteroatoms. The van der Waals surface area contributed by atoms with E-state index in [0.717, 1.165) is 4.90 Å². The molecule has 1 N–H and O–H groups in total. The van der Waals surface area contributed by atoms with Crippen LogP contribution in [0.2, 0.25) is 0 Å². The number of hydrogen-bond acceptors (Lipinski definition) is 6. The molecule has 134 valence electrons. The minimum atomic E-state index is -0.876. The number of nitrogens with one attached hydrogen (secondary N) is 1. The van der Waals surface area contributed by atoms with Gasteiger partial charge >= 0.3 is 6.03 Å². The zero-order valence-corrected chi connectivity index (χ0v) is 14.4. The topological polar surface area (TPSA) is 98.1 Å². The highest BCUT2D eigenvalue weighted by molar-refractivity contribution is 6.39. The molecular formula is C18H16N2O6. The van der Waals surface area contributed by atoms with Crippen LogP contribution in [0.1, 0.15) is 11.5 Å². The van der Waals surface area contributed by atoms with E-state index in [0.29, 0.717) is 17.3 Å². The Bertz CT molecular complexity index is 928. The van der Waals surface area contributed by atoms with E-state index in [1.54, 1.807) is 31.2 Å². The molecule has 0 bridgehead atoms. The largest absolute Gasteiger partial charge is 0.497 e. The van der Waals surface area contributed by atoms with Crippen molar-refractivity contribution in [2.24, 2.45) is 0 Å². The van der Waals surface area contributed by atoms with Gasteiger partial charge in [-0.2, -0.15) is 0 Å². The summed E-state index contributed by atoms with van der Waals surface area (Å²) in [5.74, 6) is 0.0599. The van der Waals surface area contributed by atoms with Gasteiger partial charge in [-0.05, 0) is 37.3 Å². The van der Waals surface area contributed by atoms with Gasteiger partial charge in [-0.25, -0.2) is 9.69 Å². The summed E-state index contributed by atoms with van der Waals surface area (Å²) in [5.41, 5.74) is -0.0767. The maximum atomic E-state index is 12.9. The Morgan fingerprint density at radius 2 is 1.85 bits per heavy atom. The maximum absolute atomic E-state index is 12.9. The number of amides is 4. The van der Waals surface area contributed by atoms with Gasteiger partial charge in [0, 0.05) is 6.07 Å². The van der Waals surface area contributed by atoms with E-state index in [1.165, 1.54) is 26.4 Å². The van der Waals surface area contributed by atoms with E-state index >= 15 is 0 Å². The number of furan rings is 1. The zero-order chi connectivity index (χ0) is 18.8. The number of benzene rings is 1. The number of carbonyl (C=O) groups is 3. The predicted molar refractivity (Wildman–Crippen MR) is 92.0 cm³/mol. The van der Waals surface area contributed by atoms with Crippen molar-refractivity contribution in [2.45, 2.75) is 6.92 Å². The van der Waals surface area contributed by atoms with E-state index < -0.39 is 17.8 Å². The molecule has 0 radical (unpaired) electrons. The molecule has 0 atom stereocenters. The molecule has 4 amide bonds. The minimum Gasteiger partial charge on any atom is -0.497 e. The molecule has 1 aliphatic rings. The quantitative estimate of drug-likeness (QED) is 0.667. The second-order valence-corrected chi connectivity index (χ2v) is 5.44.